The molecular formula is C21H20FN3O4. The number of benzene rings is 2. The third-order valence-electron chi connectivity index (χ3n) is 4.60. The molecule has 1 aliphatic heterocycles. The molecule has 1 unspecified atom stereocenters. The summed E-state index contributed by atoms with van der Waals surface area (Å²) in [7, 11) is 0. The van der Waals surface area contributed by atoms with E-state index in [2.05, 4.69) is 15.5 Å². The van der Waals surface area contributed by atoms with Crippen LogP contribution in [-0.2, 0) is 11.2 Å². The minimum Gasteiger partial charge on any atom is -0.454 e. The molecule has 0 aliphatic carbocycles. The highest BCUT2D eigenvalue weighted by atomic mass is 19.1. The molecule has 1 atom stereocenters. The van der Waals surface area contributed by atoms with Gasteiger partial charge in [-0.2, -0.15) is 4.98 Å². The van der Waals surface area contributed by atoms with E-state index in [9.17, 15) is 9.18 Å². The van der Waals surface area contributed by atoms with Crippen molar-refractivity contribution in [3.05, 3.63) is 59.7 Å². The molecule has 1 aliphatic rings. The molecule has 7 nitrogen and oxygen atoms in total. The van der Waals surface area contributed by atoms with Crippen LogP contribution in [0.3, 0.4) is 0 Å². The number of hydrogen-bond donors (Lipinski definition) is 1. The lowest BCUT2D eigenvalue weighted by Gasteiger charge is -2.18. The van der Waals surface area contributed by atoms with Gasteiger partial charge in [0.1, 0.15) is 11.9 Å². The van der Waals surface area contributed by atoms with Crippen LogP contribution in [0.4, 0.5) is 4.39 Å². The Hall–Kier alpha value is -3.42. The van der Waals surface area contributed by atoms with E-state index >= 15 is 0 Å². The zero-order valence-electron chi connectivity index (χ0n) is 16.0. The molecular weight excluding hydrogens is 377 g/mol. The first-order chi connectivity index (χ1) is 14.0. The Morgan fingerprint density at radius 2 is 1.90 bits per heavy atom. The zero-order chi connectivity index (χ0) is 20.4. The standard InChI is InChI=1S/C21H20FN3O4/c1-12(2)19(23-18(26)9-13-3-6-15(22)7-4-13)21-24-20(25-29-21)14-5-8-16-17(10-14)28-11-27-16/h3-8,10,12,19H,9,11H2,1-2H3,(H,23,26). The van der Waals surface area contributed by atoms with Gasteiger partial charge in [0.05, 0.1) is 6.42 Å². The van der Waals surface area contributed by atoms with Crippen molar-refractivity contribution in [2.75, 3.05) is 6.79 Å². The normalized spacial score (nSPS) is 13.5. The second-order valence-corrected chi connectivity index (χ2v) is 7.12. The minimum atomic E-state index is -0.446. The Morgan fingerprint density at radius 1 is 1.14 bits per heavy atom. The van der Waals surface area contributed by atoms with Crippen molar-refractivity contribution in [2.24, 2.45) is 5.92 Å². The number of nitrogens with one attached hydrogen (secondary N) is 1. The van der Waals surface area contributed by atoms with Crippen molar-refractivity contribution in [3.63, 3.8) is 0 Å². The van der Waals surface area contributed by atoms with Crippen LogP contribution in [-0.4, -0.2) is 22.8 Å². The molecule has 0 spiro atoms. The zero-order valence-corrected chi connectivity index (χ0v) is 16.0. The predicted octanol–water partition coefficient (Wildman–Crippen LogP) is 3.66. The number of fused-ring (bicyclic) bond motifs is 1. The highest BCUT2D eigenvalue weighted by molar-refractivity contribution is 5.79. The molecule has 4 rings (SSSR count). The van der Waals surface area contributed by atoms with E-state index in [4.69, 9.17) is 14.0 Å². The number of aromatic nitrogens is 2. The van der Waals surface area contributed by atoms with Crippen LogP contribution in [0.25, 0.3) is 11.4 Å². The van der Waals surface area contributed by atoms with Gasteiger partial charge >= 0.3 is 0 Å². The first kappa shape index (κ1) is 18.9. The SMILES string of the molecule is CC(C)C(NC(=O)Cc1ccc(F)cc1)c1nc(-c2ccc3c(c2)OCO3)no1. The lowest BCUT2D eigenvalue weighted by molar-refractivity contribution is -0.121. The molecule has 29 heavy (non-hydrogen) atoms. The van der Waals surface area contributed by atoms with E-state index in [0.29, 0.717) is 23.2 Å². The van der Waals surface area contributed by atoms with Crippen molar-refractivity contribution < 1.29 is 23.2 Å². The second-order valence-electron chi connectivity index (χ2n) is 7.12. The molecule has 0 saturated carbocycles. The lowest BCUT2D eigenvalue weighted by Crippen LogP contribution is -2.33. The van der Waals surface area contributed by atoms with E-state index < -0.39 is 6.04 Å². The molecule has 8 heteroatoms. The van der Waals surface area contributed by atoms with Crippen molar-refractivity contribution in [3.8, 4) is 22.9 Å². The number of hydrogen-bond acceptors (Lipinski definition) is 6. The minimum absolute atomic E-state index is 0.0252. The summed E-state index contributed by atoms with van der Waals surface area (Å²) in [5.41, 5.74) is 1.45. The number of carbonyl (C=O) groups is 1. The molecule has 1 amide bonds. The Labute approximate surface area is 166 Å². The fraction of sp³-hybridized carbons (Fsp3) is 0.286. The van der Waals surface area contributed by atoms with Gasteiger partial charge in [-0.05, 0) is 41.8 Å². The first-order valence-corrected chi connectivity index (χ1v) is 9.27. The van der Waals surface area contributed by atoms with E-state index in [1.807, 2.05) is 19.9 Å². The summed E-state index contributed by atoms with van der Waals surface area (Å²) >= 11 is 0. The highest BCUT2D eigenvalue weighted by Gasteiger charge is 2.25. The monoisotopic (exact) mass is 397 g/mol. The maximum absolute atomic E-state index is 13.0. The number of halogens is 1. The van der Waals surface area contributed by atoms with Crippen molar-refractivity contribution in [2.45, 2.75) is 26.3 Å². The van der Waals surface area contributed by atoms with Gasteiger partial charge in [0, 0.05) is 5.56 Å². The second kappa shape index (κ2) is 7.90. The summed E-state index contributed by atoms with van der Waals surface area (Å²) in [6, 6.07) is 10.8. The van der Waals surface area contributed by atoms with Gasteiger partial charge in [0.25, 0.3) is 0 Å². The molecule has 2 heterocycles. The maximum Gasteiger partial charge on any atom is 0.249 e. The van der Waals surface area contributed by atoms with E-state index in [0.717, 1.165) is 11.1 Å². The molecule has 0 fully saturated rings. The smallest absolute Gasteiger partial charge is 0.249 e. The average molecular weight is 397 g/mol. The van der Waals surface area contributed by atoms with Crippen LogP contribution in [0.2, 0.25) is 0 Å². The van der Waals surface area contributed by atoms with Crippen molar-refractivity contribution in [1.29, 1.82) is 0 Å². The van der Waals surface area contributed by atoms with Crippen LogP contribution < -0.4 is 14.8 Å². The summed E-state index contributed by atoms with van der Waals surface area (Å²) in [6.07, 6.45) is 0.132. The van der Waals surface area contributed by atoms with Gasteiger partial charge < -0.3 is 19.3 Å². The molecule has 1 aromatic heterocycles. The van der Waals surface area contributed by atoms with Crippen LogP contribution in [0.1, 0.15) is 31.3 Å². The predicted molar refractivity (Wildman–Crippen MR) is 102 cm³/mol. The molecule has 150 valence electrons. The van der Waals surface area contributed by atoms with Gasteiger partial charge in [-0.15, -0.1) is 0 Å². The number of rotatable bonds is 6. The fourth-order valence-electron chi connectivity index (χ4n) is 3.04. The Bertz CT molecular complexity index is 1020. The highest BCUT2D eigenvalue weighted by Crippen LogP contribution is 2.35. The van der Waals surface area contributed by atoms with Crippen LogP contribution >= 0.6 is 0 Å². The van der Waals surface area contributed by atoms with Crippen molar-refractivity contribution >= 4 is 5.91 Å². The number of ether oxygens (including phenoxy) is 2. The fourth-order valence-corrected chi connectivity index (χ4v) is 3.04. The Balaban J connectivity index is 1.49. The van der Waals surface area contributed by atoms with E-state index in [1.54, 1.807) is 24.3 Å². The molecule has 3 aromatic rings. The van der Waals surface area contributed by atoms with Gasteiger partial charge in [0.2, 0.25) is 24.4 Å². The maximum atomic E-state index is 13.0. The molecule has 2 aromatic carbocycles. The van der Waals surface area contributed by atoms with Gasteiger partial charge in [-0.1, -0.05) is 31.1 Å². The lowest BCUT2D eigenvalue weighted by atomic mass is 10.0. The topological polar surface area (TPSA) is 86.5 Å². The summed E-state index contributed by atoms with van der Waals surface area (Å²) in [4.78, 5) is 16.9. The van der Waals surface area contributed by atoms with E-state index in [-0.39, 0.29) is 30.9 Å². The van der Waals surface area contributed by atoms with Gasteiger partial charge in [-0.3, -0.25) is 4.79 Å². The number of carbonyl (C=O) groups excluding carboxylic acids is 1. The summed E-state index contributed by atoms with van der Waals surface area (Å²) in [5.74, 6) is 1.50. The molecule has 1 N–H and O–H groups in total. The largest absolute Gasteiger partial charge is 0.454 e. The van der Waals surface area contributed by atoms with Gasteiger partial charge in [-0.25, -0.2) is 4.39 Å². The quantitative estimate of drug-likeness (QED) is 0.683. The van der Waals surface area contributed by atoms with E-state index in [1.165, 1.54) is 12.1 Å². The third kappa shape index (κ3) is 4.21. The summed E-state index contributed by atoms with van der Waals surface area (Å²) in [6.45, 7) is 4.09. The van der Waals surface area contributed by atoms with Gasteiger partial charge in [0.15, 0.2) is 11.5 Å². The average Bonchev–Trinajstić information content (AvgIpc) is 3.36. The van der Waals surface area contributed by atoms with Crippen LogP contribution in [0, 0.1) is 11.7 Å². The first-order valence-electron chi connectivity index (χ1n) is 9.27. The number of nitrogens with zero attached hydrogens (tertiary/aromatic N) is 2. The van der Waals surface area contributed by atoms with Crippen LogP contribution in [0.15, 0.2) is 47.0 Å². The van der Waals surface area contributed by atoms with Crippen LogP contribution in [0.5, 0.6) is 11.5 Å². The number of amides is 1. The summed E-state index contributed by atoms with van der Waals surface area (Å²) < 4.78 is 29.2. The van der Waals surface area contributed by atoms with Crippen molar-refractivity contribution in [1.82, 2.24) is 15.5 Å². The molecule has 0 saturated heterocycles. The third-order valence-corrected chi connectivity index (χ3v) is 4.60. The molecule has 0 radical (unpaired) electrons. The molecule has 0 bridgehead atoms. The summed E-state index contributed by atoms with van der Waals surface area (Å²) in [5, 5.41) is 6.97. The Morgan fingerprint density at radius 3 is 2.66 bits per heavy atom. The Kier molecular flexibility index (Phi) is 5.16.